The van der Waals surface area contributed by atoms with Crippen molar-refractivity contribution in [3.8, 4) is 0 Å². The zero-order valence-corrected chi connectivity index (χ0v) is 16.7. The molecule has 1 fully saturated rings. The molecule has 2 nitrogen and oxygen atoms in total. The summed E-state index contributed by atoms with van der Waals surface area (Å²) in [5.74, 6) is -0.816. The van der Waals surface area contributed by atoms with Gasteiger partial charge in [-0.3, -0.25) is 0 Å². The van der Waals surface area contributed by atoms with Crippen molar-refractivity contribution in [1.82, 2.24) is 5.32 Å². The maximum absolute atomic E-state index is 14.8. The number of aliphatic hydroxyl groups excluding tert-OH is 1. The predicted molar refractivity (Wildman–Crippen MR) is 105 cm³/mol. The smallest absolute Gasteiger partial charge is 0.146 e. The minimum atomic E-state index is -0.493. The molecule has 1 aliphatic heterocycles. The molecule has 2 aromatic rings. The van der Waals surface area contributed by atoms with Crippen LogP contribution >= 0.6 is 23.2 Å². The molecule has 1 aliphatic rings. The first-order valence-electron chi connectivity index (χ1n) is 9.11. The highest BCUT2D eigenvalue weighted by Gasteiger charge is 2.46. The fourth-order valence-corrected chi connectivity index (χ4v) is 4.69. The summed E-state index contributed by atoms with van der Waals surface area (Å²) >= 11 is 11.9. The van der Waals surface area contributed by atoms with Gasteiger partial charge in [0, 0.05) is 30.2 Å². The molecular weight excluding hydrogens is 391 g/mol. The summed E-state index contributed by atoms with van der Waals surface area (Å²) in [5.41, 5.74) is 1.21. The second kappa shape index (κ2) is 8.44. The van der Waals surface area contributed by atoms with Crippen molar-refractivity contribution in [2.75, 3.05) is 6.61 Å². The zero-order valence-electron chi connectivity index (χ0n) is 15.2. The molecular formula is C21H23Cl2F2NO. The van der Waals surface area contributed by atoms with E-state index in [2.05, 4.69) is 19.2 Å². The molecule has 0 amide bonds. The van der Waals surface area contributed by atoms with Crippen LogP contribution in [0.1, 0.15) is 43.4 Å². The van der Waals surface area contributed by atoms with Gasteiger partial charge >= 0.3 is 0 Å². The first-order valence-corrected chi connectivity index (χ1v) is 9.86. The predicted octanol–water partition coefficient (Wildman–Crippen LogP) is 5.72. The Balaban J connectivity index is 2.13. The van der Waals surface area contributed by atoms with Gasteiger partial charge in [-0.15, -0.1) is 0 Å². The molecule has 1 heterocycles. The number of aliphatic hydroxyl groups is 1. The molecule has 4 unspecified atom stereocenters. The number of rotatable bonds is 5. The van der Waals surface area contributed by atoms with E-state index in [1.807, 2.05) is 0 Å². The molecule has 0 bridgehead atoms. The quantitative estimate of drug-likeness (QED) is 0.656. The number of hydrogen-bond donors (Lipinski definition) is 2. The number of hydrogen-bond acceptors (Lipinski definition) is 2. The lowest BCUT2D eigenvalue weighted by Crippen LogP contribution is -2.31. The van der Waals surface area contributed by atoms with Crippen LogP contribution < -0.4 is 5.32 Å². The highest BCUT2D eigenvalue weighted by Crippen LogP contribution is 2.49. The highest BCUT2D eigenvalue weighted by molar-refractivity contribution is 6.31. The van der Waals surface area contributed by atoms with Crippen molar-refractivity contribution in [2.45, 2.75) is 38.3 Å². The Bertz CT molecular complexity index is 815. The van der Waals surface area contributed by atoms with E-state index >= 15 is 0 Å². The van der Waals surface area contributed by atoms with Crippen LogP contribution in [0.4, 0.5) is 8.78 Å². The van der Waals surface area contributed by atoms with Crippen molar-refractivity contribution in [2.24, 2.45) is 11.8 Å². The lowest BCUT2D eigenvalue weighted by Gasteiger charge is -2.29. The standard InChI is InChI=1S/C21H23Cl2F2NO/c1-11(2)18-17(8-9-27)26-21(13-4-3-5-15(23)20(13)25)19(18)12-6-7-14(22)16(24)10-12/h3-7,10-11,17-19,21,26-27H,8-9H2,1-2H3. The largest absolute Gasteiger partial charge is 0.396 e. The van der Waals surface area contributed by atoms with Crippen LogP contribution in [0.25, 0.3) is 0 Å². The molecule has 2 aromatic carbocycles. The molecule has 0 radical (unpaired) electrons. The van der Waals surface area contributed by atoms with Gasteiger partial charge < -0.3 is 10.4 Å². The van der Waals surface area contributed by atoms with E-state index in [4.69, 9.17) is 23.2 Å². The highest BCUT2D eigenvalue weighted by atomic mass is 35.5. The summed E-state index contributed by atoms with van der Waals surface area (Å²) in [6.45, 7) is 4.20. The average Bonchev–Trinajstić information content (AvgIpc) is 2.99. The third-order valence-corrected chi connectivity index (χ3v) is 6.09. The maximum atomic E-state index is 14.8. The molecule has 27 heavy (non-hydrogen) atoms. The summed E-state index contributed by atoms with van der Waals surface area (Å²) in [4.78, 5) is 0. The van der Waals surface area contributed by atoms with Crippen molar-refractivity contribution in [1.29, 1.82) is 0 Å². The molecule has 0 aromatic heterocycles. The van der Waals surface area contributed by atoms with Crippen LogP contribution in [0.3, 0.4) is 0 Å². The lowest BCUT2D eigenvalue weighted by atomic mass is 9.74. The van der Waals surface area contributed by atoms with Gasteiger partial charge in [0.25, 0.3) is 0 Å². The number of nitrogens with one attached hydrogen (secondary N) is 1. The summed E-state index contributed by atoms with van der Waals surface area (Å²) in [5, 5.41) is 13.1. The molecule has 146 valence electrons. The van der Waals surface area contributed by atoms with E-state index in [0.29, 0.717) is 12.0 Å². The molecule has 0 saturated carbocycles. The van der Waals surface area contributed by atoms with Gasteiger partial charge in [-0.1, -0.05) is 55.2 Å². The van der Waals surface area contributed by atoms with Gasteiger partial charge in [0.1, 0.15) is 11.6 Å². The molecule has 6 heteroatoms. The van der Waals surface area contributed by atoms with Gasteiger partial charge in [-0.05, 0) is 42.0 Å². The first-order chi connectivity index (χ1) is 12.8. The van der Waals surface area contributed by atoms with Crippen molar-refractivity contribution in [3.63, 3.8) is 0 Å². The zero-order chi connectivity index (χ0) is 19.7. The van der Waals surface area contributed by atoms with E-state index in [9.17, 15) is 13.9 Å². The molecule has 3 rings (SSSR count). The Hall–Kier alpha value is -1.20. The SMILES string of the molecule is CC(C)C1C(CCO)NC(c2cccc(Cl)c2F)C1c1ccc(Cl)c(F)c1. The monoisotopic (exact) mass is 413 g/mol. The minimum absolute atomic E-state index is 0.0212. The summed E-state index contributed by atoms with van der Waals surface area (Å²) < 4.78 is 29.0. The topological polar surface area (TPSA) is 32.3 Å². The molecule has 0 spiro atoms. The number of benzene rings is 2. The molecule has 2 N–H and O–H groups in total. The van der Waals surface area contributed by atoms with E-state index < -0.39 is 11.6 Å². The Kier molecular flexibility index (Phi) is 6.42. The summed E-state index contributed by atoms with van der Waals surface area (Å²) in [7, 11) is 0. The Morgan fingerprint density at radius 3 is 2.48 bits per heavy atom. The van der Waals surface area contributed by atoms with Crippen molar-refractivity contribution in [3.05, 3.63) is 69.2 Å². The van der Waals surface area contributed by atoms with Gasteiger partial charge in [-0.25, -0.2) is 8.78 Å². The Morgan fingerprint density at radius 2 is 1.85 bits per heavy atom. The fraction of sp³-hybridized carbons (Fsp3) is 0.429. The third kappa shape index (κ3) is 4.00. The summed E-state index contributed by atoms with van der Waals surface area (Å²) in [6, 6.07) is 9.29. The molecule has 1 saturated heterocycles. The maximum Gasteiger partial charge on any atom is 0.146 e. The second-order valence-electron chi connectivity index (χ2n) is 7.43. The van der Waals surface area contributed by atoms with E-state index in [-0.39, 0.29) is 46.5 Å². The van der Waals surface area contributed by atoms with E-state index in [0.717, 1.165) is 5.56 Å². The molecule has 0 aliphatic carbocycles. The van der Waals surface area contributed by atoms with Gasteiger partial charge in [0.2, 0.25) is 0 Å². The number of halogens is 4. The van der Waals surface area contributed by atoms with Crippen LogP contribution in [0.2, 0.25) is 10.0 Å². The van der Waals surface area contributed by atoms with Crippen LogP contribution in [0.5, 0.6) is 0 Å². The third-order valence-electron chi connectivity index (χ3n) is 5.49. The van der Waals surface area contributed by atoms with Crippen LogP contribution in [0, 0.1) is 23.5 Å². The Labute approximate surface area is 168 Å². The van der Waals surface area contributed by atoms with Gasteiger partial charge in [0.15, 0.2) is 0 Å². The van der Waals surface area contributed by atoms with Gasteiger partial charge in [-0.2, -0.15) is 0 Å². The van der Waals surface area contributed by atoms with Crippen LogP contribution in [-0.4, -0.2) is 17.8 Å². The average molecular weight is 414 g/mol. The summed E-state index contributed by atoms with van der Waals surface area (Å²) in [6.07, 6.45) is 0.536. The normalized spacial score (nSPS) is 25.3. The van der Waals surface area contributed by atoms with Crippen molar-refractivity contribution < 1.29 is 13.9 Å². The van der Waals surface area contributed by atoms with Gasteiger partial charge in [0.05, 0.1) is 10.0 Å². The minimum Gasteiger partial charge on any atom is -0.396 e. The van der Waals surface area contributed by atoms with Crippen molar-refractivity contribution >= 4 is 23.2 Å². The van der Waals surface area contributed by atoms with Crippen LogP contribution in [0.15, 0.2) is 36.4 Å². The fourth-order valence-electron chi connectivity index (χ4n) is 4.39. The molecule has 4 atom stereocenters. The van der Waals surface area contributed by atoms with Crippen LogP contribution in [-0.2, 0) is 0 Å². The Morgan fingerprint density at radius 1 is 1.11 bits per heavy atom. The van der Waals surface area contributed by atoms with E-state index in [1.54, 1.807) is 18.2 Å². The van der Waals surface area contributed by atoms with E-state index in [1.165, 1.54) is 18.2 Å². The first kappa shape index (κ1) is 20.5. The lowest BCUT2D eigenvalue weighted by molar-refractivity contribution is 0.231. The second-order valence-corrected chi connectivity index (χ2v) is 8.24.